The average Bonchev–Trinajstić information content (AvgIpc) is 3.21. The summed E-state index contributed by atoms with van der Waals surface area (Å²) in [5.41, 5.74) is 1.89. The summed E-state index contributed by atoms with van der Waals surface area (Å²) in [5, 5.41) is 0.437. The first-order valence-corrected chi connectivity index (χ1v) is 12.7. The van der Waals surface area contributed by atoms with Gasteiger partial charge in [-0.05, 0) is 67.6 Å². The molecule has 0 aromatic heterocycles. The zero-order valence-electron chi connectivity index (χ0n) is 17.7. The molecule has 2 aliphatic rings. The zero-order valence-corrected chi connectivity index (χ0v) is 19.3. The van der Waals surface area contributed by atoms with Crippen LogP contribution >= 0.6 is 11.6 Å². The number of carbonyl (C=O) groups is 2. The van der Waals surface area contributed by atoms with E-state index in [1.54, 1.807) is 35.2 Å². The number of likely N-dealkylation sites (tertiary alicyclic amines) is 1. The molecule has 0 unspecified atom stereocenters. The van der Waals surface area contributed by atoms with Crippen molar-refractivity contribution >= 4 is 44.8 Å². The van der Waals surface area contributed by atoms with Gasteiger partial charge in [0.15, 0.2) is 0 Å². The van der Waals surface area contributed by atoms with Crippen molar-refractivity contribution in [3.05, 3.63) is 53.1 Å². The number of sulfonamides is 1. The molecule has 32 heavy (non-hydrogen) atoms. The molecule has 4 rings (SSSR count). The second-order valence-electron chi connectivity index (χ2n) is 8.14. The first-order chi connectivity index (χ1) is 15.3. The van der Waals surface area contributed by atoms with Gasteiger partial charge in [-0.15, -0.1) is 0 Å². The van der Waals surface area contributed by atoms with Crippen LogP contribution in [-0.2, 0) is 26.0 Å². The lowest BCUT2D eigenvalue weighted by Gasteiger charge is -2.27. The van der Waals surface area contributed by atoms with Gasteiger partial charge in [0.25, 0.3) is 10.0 Å². The van der Waals surface area contributed by atoms with Crippen molar-refractivity contribution in [1.29, 1.82) is 0 Å². The van der Waals surface area contributed by atoms with Crippen LogP contribution in [0.15, 0.2) is 47.4 Å². The summed E-state index contributed by atoms with van der Waals surface area (Å²) in [6.07, 6.45) is 4.14. The molecule has 2 aromatic carbocycles. The fourth-order valence-corrected chi connectivity index (χ4v) is 5.51. The fourth-order valence-electron chi connectivity index (χ4n) is 4.22. The summed E-state index contributed by atoms with van der Waals surface area (Å²) < 4.78 is 28.1. The van der Waals surface area contributed by atoms with Crippen LogP contribution in [0, 0.1) is 0 Å². The third-order valence-electron chi connectivity index (χ3n) is 5.90. The summed E-state index contributed by atoms with van der Waals surface area (Å²) in [5.74, 6) is -0.0761. The van der Waals surface area contributed by atoms with Crippen molar-refractivity contribution in [2.75, 3.05) is 29.3 Å². The van der Waals surface area contributed by atoms with Gasteiger partial charge in [0.2, 0.25) is 11.8 Å². The summed E-state index contributed by atoms with van der Waals surface area (Å²) in [6, 6.07) is 11.3. The van der Waals surface area contributed by atoms with Crippen LogP contribution in [0.25, 0.3) is 0 Å². The topological polar surface area (TPSA) is 86.8 Å². The number of hydrogen-bond acceptors (Lipinski definition) is 4. The molecule has 1 fully saturated rings. The molecular formula is C23H26ClN3O4S. The van der Waals surface area contributed by atoms with Crippen molar-refractivity contribution < 1.29 is 18.0 Å². The molecular weight excluding hydrogens is 450 g/mol. The molecule has 0 saturated carbocycles. The van der Waals surface area contributed by atoms with E-state index in [0.717, 1.165) is 37.9 Å². The Morgan fingerprint density at radius 1 is 0.938 bits per heavy atom. The number of benzene rings is 2. The number of rotatable bonds is 6. The SMILES string of the molecule is O=C(CCC(=O)N1CCc2cc(S(=O)(=O)Nc3cccc(Cl)c3)ccc21)N1CCCCC1. The van der Waals surface area contributed by atoms with E-state index in [1.807, 2.05) is 4.90 Å². The van der Waals surface area contributed by atoms with E-state index in [9.17, 15) is 18.0 Å². The first-order valence-electron chi connectivity index (χ1n) is 10.8. The van der Waals surface area contributed by atoms with Gasteiger partial charge in [-0.1, -0.05) is 17.7 Å². The van der Waals surface area contributed by atoms with E-state index < -0.39 is 10.0 Å². The number of nitrogens with zero attached hydrogens (tertiary/aromatic N) is 2. The summed E-state index contributed by atoms with van der Waals surface area (Å²) in [7, 11) is -3.79. The number of nitrogens with one attached hydrogen (secondary N) is 1. The van der Waals surface area contributed by atoms with Crippen LogP contribution in [0.1, 0.15) is 37.7 Å². The maximum Gasteiger partial charge on any atom is 0.261 e. The first kappa shape index (κ1) is 22.6. The number of halogens is 1. The second kappa shape index (κ2) is 9.50. The van der Waals surface area contributed by atoms with Crippen LogP contribution in [0.4, 0.5) is 11.4 Å². The Kier molecular flexibility index (Phi) is 6.71. The Bertz CT molecular complexity index is 1130. The largest absolute Gasteiger partial charge is 0.343 e. The molecule has 0 spiro atoms. The molecule has 0 radical (unpaired) electrons. The van der Waals surface area contributed by atoms with Crippen molar-refractivity contribution in [2.24, 2.45) is 0 Å². The van der Waals surface area contributed by atoms with Crippen molar-refractivity contribution in [3.63, 3.8) is 0 Å². The van der Waals surface area contributed by atoms with E-state index >= 15 is 0 Å². The highest BCUT2D eigenvalue weighted by Crippen LogP contribution is 2.31. The highest BCUT2D eigenvalue weighted by atomic mass is 35.5. The average molecular weight is 476 g/mol. The maximum absolute atomic E-state index is 12.8. The second-order valence-corrected chi connectivity index (χ2v) is 10.3. The number of carbonyl (C=O) groups excluding carboxylic acids is 2. The Balaban J connectivity index is 1.41. The number of piperidine rings is 1. The van der Waals surface area contributed by atoms with Gasteiger partial charge in [-0.2, -0.15) is 0 Å². The predicted octanol–water partition coefficient (Wildman–Crippen LogP) is 3.82. The molecule has 2 amide bonds. The molecule has 7 nitrogen and oxygen atoms in total. The van der Waals surface area contributed by atoms with Crippen LogP contribution in [0.2, 0.25) is 5.02 Å². The van der Waals surface area contributed by atoms with Gasteiger partial charge >= 0.3 is 0 Å². The Labute approximate surface area is 193 Å². The monoisotopic (exact) mass is 475 g/mol. The molecule has 9 heteroatoms. The molecule has 1 N–H and O–H groups in total. The van der Waals surface area contributed by atoms with E-state index in [0.29, 0.717) is 29.4 Å². The van der Waals surface area contributed by atoms with Crippen LogP contribution in [-0.4, -0.2) is 44.8 Å². The number of amides is 2. The van der Waals surface area contributed by atoms with E-state index in [1.165, 1.54) is 12.1 Å². The van der Waals surface area contributed by atoms with Crippen LogP contribution in [0.3, 0.4) is 0 Å². The Hall–Kier alpha value is -2.58. The highest BCUT2D eigenvalue weighted by molar-refractivity contribution is 7.92. The number of anilines is 2. The lowest BCUT2D eigenvalue weighted by atomic mass is 10.1. The normalized spacial score (nSPS) is 16.0. The molecule has 0 atom stereocenters. The van der Waals surface area contributed by atoms with Crippen LogP contribution < -0.4 is 9.62 Å². The summed E-state index contributed by atoms with van der Waals surface area (Å²) in [6.45, 7) is 2.04. The molecule has 1 saturated heterocycles. The lowest BCUT2D eigenvalue weighted by molar-refractivity contribution is -0.133. The minimum Gasteiger partial charge on any atom is -0.343 e. The van der Waals surface area contributed by atoms with Crippen molar-refractivity contribution in [3.8, 4) is 0 Å². The minimum atomic E-state index is -3.79. The third-order valence-corrected chi connectivity index (χ3v) is 7.51. The number of hydrogen-bond donors (Lipinski definition) is 1. The Morgan fingerprint density at radius 3 is 2.44 bits per heavy atom. The number of fused-ring (bicyclic) bond motifs is 1. The zero-order chi connectivity index (χ0) is 22.7. The van der Waals surface area contributed by atoms with E-state index in [4.69, 9.17) is 11.6 Å². The van der Waals surface area contributed by atoms with Gasteiger partial charge in [0.05, 0.1) is 10.6 Å². The van der Waals surface area contributed by atoms with Gasteiger partial charge in [0.1, 0.15) is 0 Å². The fraction of sp³-hybridized carbons (Fsp3) is 0.391. The minimum absolute atomic E-state index is 0.0333. The molecule has 2 aliphatic heterocycles. The highest BCUT2D eigenvalue weighted by Gasteiger charge is 2.27. The van der Waals surface area contributed by atoms with Crippen molar-refractivity contribution in [1.82, 2.24) is 4.90 Å². The molecule has 2 heterocycles. The standard InChI is InChI=1S/C23H26ClN3O4S/c24-18-5-4-6-19(16-18)25-32(30,31)20-7-8-21-17(15-20)11-14-27(21)23(29)10-9-22(28)26-12-2-1-3-13-26/h4-8,15-16,25H,1-3,9-14H2. The van der Waals surface area contributed by atoms with E-state index in [-0.39, 0.29) is 29.6 Å². The van der Waals surface area contributed by atoms with Gasteiger partial charge in [0, 0.05) is 43.2 Å². The quantitative estimate of drug-likeness (QED) is 0.688. The molecule has 170 valence electrons. The third kappa shape index (κ3) is 5.07. The summed E-state index contributed by atoms with van der Waals surface area (Å²) >= 11 is 5.94. The van der Waals surface area contributed by atoms with Crippen molar-refractivity contribution in [2.45, 2.75) is 43.4 Å². The van der Waals surface area contributed by atoms with Gasteiger partial charge < -0.3 is 9.80 Å². The Morgan fingerprint density at radius 2 is 1.69 bits per heavy atom. The molecule has 0 bridgehead atoms. The maximum atomic E-state index is 12.8. The summed E-state index contributed by atoms with van der Waals surface area (Å²) in [4.78, 5) is 28.8. The van der Waals surface area contributed by atoms with Gasteiger partial charge in [-0.25, -0.2) is 8.42 Å². The molecule has 0 aliphatic carbocycles. The molecule has 2 aromatic rings. The lowest BCUT2D eigenvalue weighted by Crippen LogP contribution is -2.37. The van der Waals surface area contributed by atoms with E-state index in [2.05, 4.69) is 4.72 Å². The van der Waals surface area contributed by atoms with Crippen LogP contribution in [0.5, 0.6) is 0 Å². The van der Waals surface area contributed by atoms with Gasteiger partial charge in [-0.3, -0.25) is 14.3 Å². The smallest absolute Gasteiger partial charge is 0.261 e. The predicted molar refractivity (Wildman–Crippen MR) is 124 cm³/mol.